The average Bonchev–Trinajstić information content (AvgIpc) is 3.07. The smallest absolute Gasteiger partial charge is 0.157 e. The number of hydrogen-bond donors (Lipinski definition) is 1. The van der Waals surface area contributed by atoms with Gasteiger partial charge >= 0.3 is 0 Å². The molecule has 0 spiro atoms. The molecule has 4 nitrogen and oxygen atoms in total. The van der Waals surface area contributed by atoms with Crippen LogP contribution in [0.2, 0.25) is 0 Å². The van der Waals surface area contributed by atoms with Gasteiger partial charge in [-0.15, -0.1) is 0 Å². The van der Waals surface area contributed by atoms with E-state index in [1.807, 2.05) is 12.1 Å². The van der Waals surface area contributed by atoms with Gasteiger partial charge in [-0.25, -0.2) is 4.98 Å². The molecular weight excluding hydrogens is 344 g/mol. The van der Waals surface area contributed by atoms with Crippen molar-refractivity contribution < 1.29 is 0 Å². The number of aromatic nitrogens is 2. The van der Waals surface area contributed by atoms with E-state index < -0.39 is 0 Å². The fraction of sp³-hybridized carbons (Fsp3) is 0.500. The van der Waals surface area contributed by atoms with Crippen LogP contribution in [-0.4, -0.2) is 15.4 Å². The highest BCUT2D eigenvalue weighted by Gasteiger charge is 2.23. The Morgan fingerprint density at radius 1 is 1.21 bits per heavy atom. The molecular formula is C24H30N4. The second-order valence-electron chi connectivity index (χ2n) is 8.61. The van der Waals surface area contributed by atoms with Gasteiger partial charge in [0.05, 0.1) is 16.6 Å². The molecule has 0 atom stereocenters. The molecule has 28 heavy (non-hydrogen) atoms. The molecule has 1 saturated carbocycles. The normalized spacial score (nSPS) is 15.4. The van der Waals surface area contributed by atoms with Gasteiger partial charge in [0, 0.05) is 6.04 Å². The number of nitrogens with one attached hydrogen (secondary N) is 1. The van der Waals surface area contributed by atoms with E-state index in [0.29, 0.717) is 17.5 Å². The van der Waals surface area contributed by atoms with Gasteiger partial charge in [0.2, 0.25) is 0 Å². The molecule has 4 heteroatoms. The highest BCUT2D eigenvalue weighted by molar-refractivity contribution is 5.86. The maximum absolute atomic E-state index is 9.93. The van der Waals surface area contributed by atoms with Crippen molar-refractivity contribution in [1.29, 1.82) is 5.26 Å². The zero-order chi connectivity index (χ0) is 19.7. The van der Waals surface area contributed by atoms with Crippen molar-refractivity contribution in [3.63, 3.8) is 0 Å². The zero-order valence-electron chi connectivity index (χ0n) is 17.3. The third kappa shape index (κ3) is 3.35. The number of hydrogen-bond acceptors (Lipinski definition) is 3. The predicted octanol–water partition coefficient (Wildman–Crippen LogP) is 6.00. The predicted molar refractivity (Wildman–Crippen MR) is 116 cm³/mol. The van der Waals surface area contributed by atoms with Crippen molar-refractivity contribution in [2.45, 2.75) is 71.8 Å². The Bertz CT molecular complexity index is 1030. The molecule has 1 fully saturated rings. The van der Waals surface area contributed by atoms with E-state index in [-0.39, 0.29) is 0 Å². The van der Waals surface area contributed by atoms with Gasteiger partial charge in [0.25, 0.3) is 0 Å². The summed E-state index contributed by atoms with van der Waals surface area (Å²) >= 11 is 0. The van der Waals surface area contributed by atoms with Crippen LogP contribution in [-0.2, 0) is 6.42 Å². The molecule has 0 radical (unpaired) electrons. The van der Waals surface area contributed by atoms with E-state index in [2.05, 4.69) is 48.7 Å². The highest BCUT2D eigenvalue weighted by Crippen LogP contribution is 2.34. The van der Waals surface area contributed by atoms with Crippen molar-refractivity contribution in [3.05, 3.63) is 41.0 Å². The number of benzene rings is 1. The molecule has 1 aliphatic rings. The van der Waals surface area contributed by atoms with Crippen molar-refractivity contribution in [1.82, 2.24) is 9.38 Å². The van der Waals surface area contributed by atoms with E-state index in [4.69, 9.17) is 4.98 Å². The van der Waals surface area contributed by atoms with Crippen LogP contribution in [0.25, 0.3) is 16.7 Å². The molecule has 1 aromatic carbocycles. The summed E-state index contributed by atoms with van der Waals surface area (Å²) in [5.41, 5.74) is 5.90. The van der Waals surface area contributed by atoms with Gasteiger partial charge in [-0.3, -0.25) is 4.40 Å². The summed E-state index contributed by atoms with van der Waals surface area (Å²) in [6.45, 7) is 6.62. The van der Waals surface area contributed by atoms with Crippen LogP contribution in [0.3, 0.4) is 0 Å². The molecule has 4 rings (SSSR count). The number of fused-ring (bicyclic) bond motifs is 3. The summed E-state index contributed by atoms with van der Waals surface area (Å²) in [6.07, 6.45) is 8.46. The molecule has 1 aliphatic carbocycles. The number of para-hydroxylation sites is 2. The number of anilines is 1. The lowest BCUT2D eigenvalue weighted by atomic mass is 9.93. The van der Waals surface area contributed by atoms with E-state index in [9.17, 15) is 5.26 Å². The molecule has 0 unspecified atom stereocenters. The SMILES string of the molecule is Cc1c(CCC(C)C)c(NC2CCCCC2)n2c(nc3ccccc32)c1C#N. The van der Waals surface area contributed by atoms with Crippen LogP contribution < -0.4 is 5.32 Å². The van der Waals surface area contributed by atoms with Crippen LogP contribution >= 0.6 is 0 Å². The van der Waals surface area contributed by atoms with Crippen LogP contribution in [0.5, 0.6) is 0 Å². The van der Waals surface area contributed by atoms with Crippen molar-refractivity contribution in [3.8, 4) is 6.07 Å². The number of rotatable bonds is 5. The first-order valence-corrected chi connectivity index (χ1v) is 10.7. The minimum absolute atomic E-state index is 0.503. The first kappa shape index (κ1) is 18.8. The maximum atomic E-state index is 9.93. The summed E-state index contributed by atoms with van der Waals surface area (Å²) in [5, 5.41) is 13.8. The summed E-state index contributed by atoms with van der Waals surface area (Å²) in [7, 11) is 0. The Morgan fingerprint density at radius 2 is 1.96 bits per heavy atom. The third-order valence-electron chi connectivity index (χ3n) is 6.15. The summed E-state index contributed by atoms with van der Waals surface area (Å²) in [4.78, 5) is 4.84. The molecule has 1 N–H and O–H groups in total. The fourth-order valence-corrected chi connectivity index (χ4v) is 4.52. The van der Waals surface area contributed by atoms with Gasteiger partial charge in [-0.05, 0) is 61.8 Å². The Hall–Kier alpha value is -2.54. The third-order valence-corrected chi connectivity index (χ3v) is 6.15. The first-order chi connectivity index (χ1) is 13.6. The number of nitrogens with zero attached hydrogens (tertiary/aromatic N) is 3. The molecule has 0 amide bonds. The summed E-state index contributed by atoms with van der Waals surface area (Å²) in [6, 6.07) is 11.2. The average molecular weight is 375 g/mol. The van der Waals surface area contributed by atoms with Gasteiger partial charge in [-0.2, -0.15) is 5.26 Å². The minimum atomic E-state index is 0.503. The Balaban J connectivity index is 1.97. The molecule has 2 aromatic heterocycles. The number of pyridine rings is 1. The molecule has 2 heterocycles. The fourth-order valence-electron chi connectivity index (χ4n) is 4.52. The van der Waals surface area contributed by atoms with E-state index >= 15 is 0 Å². The summed E-state index contributed by atoms with van der Waals surface area (Å²) < 4.78 is 2.21. The first-order valence-electron chi connectivity index (χ1n) is 10.7. The quantitative estimate of drug-likeness (QED) is 0.596. The van der Waals surface area contributed by atoms with Crippen LogP contribution in [0.4, 0.5) is 5.82 Å². The van der Waals surface area contributed by atoms with E-state index in [1.165, 1.54) is 37.7 Å². The van der Waals surface area contributed by atoms with Crippen LogP contribution in [0, 0.1) is 24.2 Å². The summed E-state index contributed by atoms with van der Waals surface area (Å²) in [5.74, 6) is 1.79. The van der Waals surface area contributed by atoms with Crippen LogP contribution in [0.15, 0.2) is 24.3 Å². The second kappa shape index (κ2) is 7.83. The molecule has 0 bridgehead atoms. The molecule has 146 valence electrons. The van der Waals surface area contributed by atoms with E-state index in [1.54, 1.807) is 0 Å². The Morgan fingerprint density at radius 3 is 2.68 bits per heavy atom. The largest absolute Gasteiger partial charge is 0.368 e. The lowest BCUT2D eigenvalue weighted by molar-refractivity contribution is 0.461. The van der Waals surface area contributed by atoms with E-state index in [0.717, 1.165) is 40.9 Å². The Labute approximate surface area is 167 Å². The lowest BCUT2D eigenvalue weighted by Gasteiger charge is -2.27. The van der Waals surface area contributed by atoms with Crippen molar-refractivity contribution >= 4 is 22.5 Å². The highest BCUT2D eigenvalue weighted by atomic mass is 15.1. The standard InChI is InChI=1S/C24H30N4/c1-16(2)13-14-19-17(3)20(15-25)24-27-21-11-7-8-12-22(21)28(24)23(19)26-18-9-5-4-6-10-18/h7-8,11-12,16,18,26H,4-6,9-10,13-14H2,1-3H3. The van der Waals surface area contributed by atoms with Gasteiger partial charge < -0.3 is 5.32 Å². The molecule has 3 aromatic rings. The Kier molecular flexibility index (Phi) is 5.26. The second-order valence-corrected chi connectivity index (χ2v) is 8.61. The topological polar surface area (TPSA) is 53.1 Å². The van der Waals surface area contributed by atoms with Gasteiger partial charge in [0.15, 0.2) is 5.65 Å². The lowest BCUT2D eigenvalue weighted by Crippen LogP contribution is -2.25. The monoisotopic (exact) mass is 374 g/mol. The molecule has 0 aliphatic heterocycles. The van der Waals surface area contributed by atoms with Gasteiger partial charge in [0.1, 0.15) is 11.9 Å². The molecule has 0 saturated heterocycles. The minimum Gasteiger partial charge on any atom is -0.368 e. The number of nitriles is 1. The number of imidazole rings is 1. The van der Waals surface area contributed by atoms with Gasteiger partial charge in [-0.1, -0.05) is 45.2 Å². The van der Waals surface area contributed by atoms with Crippen molar-refractivity contribution in [2.24, 2.45) is 5.92 Å². The maximum Gasteiger partial charge on any atom is 0.157 e. The van der Waals surface area contributed by atoms with Crippen LogP contribution in [0.1, 0.15) is 69.1 Å². The zero-order valence-corrected chi connectivity index (χ0v) is 17.3. The van der Waals surface area contributed by atoms with Crippen molar-refractivity contribution in [2.75, 3.05) is 5.32 Å².